The van der Waals surface area contributed by atoms with Crippen molar-refractivity contribution in [3.63, 3.8) is 0 Å². The van der Waals surface area contributed by atoms with Gasteiger partial charge in [0.05, 0.1) is 13.0 Å². The average Bonchev–Trinajstić information content (AvgIpc) is 2.67. The Morgan fingerprint density at radius 2 is 1.77 bits per heavy atom. The molecule has 0 aliphatic heterocycles. The van der Waals surface area contributed by atoms with Crippen molar-refractivity contribution >= 4 is 22.6 Å². The lowest BCUT2D eigenvalue weighted by atomic mass is 10.0. The van der Waals surface area contributed by atoms with Crippen LogP contribution in [-0.4, -0.2) is 42.0 Å². The molecular weight excluding hydrogens is 330 g/mol. The van der Waals surface area contributed by atoms with Crippen molar-refractivity contribution in [2.75, 3.05) is 25.6 Å². The van der Waals surface area contributed by atoms with Crippen LogP contribution in [0.4, 0.5) is 5.82 Å². The van der Waals surface area contributed by atoms with E-state index in [4.69, 9.17) is 9.84 Å². The van der Waals surface area contributed by atoms with Gasteiger partial charge in [-0.05, 0) is 24.3 Å². The van der Waals surface area contributed by atoms with E-state index in [1.54, 1.807) is 14.0 Å². The van der Waals surface area contributed by atoms with Crippen LogP contribution in [0, 0.1) is 5.92 Å². The Balaban J connectivity index is 2.05. The minimum atomic E-state index is -0.830. The van der Waals surface area contributed by atoms with E-state index in [2.05, 4.69) is 10.2 Å². The molecule has 0 bridgehead atoms. The topological polar surface area (TPSA) is 75.6 Å². The molecule has 0 fully saturated rings. The lowest BCUT2D eigenvalue weighted by molar-refractivity contribution is -0.140. The van der Waals surface area contributed by atoms with Crippen LogP contribution in [0.25, 0.3) is 22.0 Å². The standard InChI is InChI=1S/C20H21N3O3/c1-13(20(24)25)12-23(2)19-17-7-5-4-6-16(17)18(21-22-19)14-8-10-15(26-3)11-9-14/h4-11,13H,12H2,1-3H3,(H,24,25). The number of fused-ring (bicyclic) bond motifs is 1. The van der Waals surface area contributed by atoms with Crippen molar-refractivity contribution in [3.8, 4) is 17.0 Å². The number of nitrogens with zero attached hydrogens (tertiary/aromatic N) is 3. The van der Waals surface area contributed by atoms with Gasteiger partial charge in [0.25, 0.3) is 0 Å². The molecule has 3 rings (SSSR count). The van der Waals surface area contributed by atoms with Crippen LogP contribution in [-0.2, 0) is 4.79 Å². The maximum atomic E-state index is 11.1. The molecule has 3 aromatic rings. The van der Waals surface area contributed by atoms with Gasteiger partial charge in [0, 0.05) is 29.9 Å². The lowest BCUT2D eigenvalue weighted by Gasteiger charge is -2.22. The van der Waals surface area contributed by atoms with Gasteiger partial charge in [-0.2, -0.15) is 0 Å². The zero-order valence-electron chi connectivity index (χ0n) is 15.0. The molecule has 0 radical (unpaired) electrons. The van der Waals surface area contributed by atoms with Crippen LogP contribution in [0.15, 0.2) is 48.5 Å². The Morgan fingerprint density at radius 1 is 1.12 bits per heavy atom. The van der Waals surface area contributed by atoms with E-state index < -0.39 is 11.9 Å². The number of rotatable bonds is 6. The summed E-state index contributed by atoms with van der Waals surface area (Å²) in [4.78, 5) is 13.0. The quantitative estimate of drug-likeness (QED) is 0.733. The minimum absolute atomic E-state index is 0.357. The first-order valence-electron chi connectivity index (χ1n) is 8.35. The van der Waals surface area contributed by atoms with E-state index in [-0.39, 0.29) is 0 Å². The van der Waals surface area contributed by atoms with Crippen molar-refractivity contribution in [1.82, 2.24) is 10.2 Å². The van der Waals surface area contributed by atoms with E-state index in [1.165, 1.54) is 0 Å². The third kappa shape index (κ3) is 3.44. The number of ether oxygens (including phenoxy) is 1. The third-order valence-electron chi connectivity index (χ3n) is 4.36. The second kappa shape index (κ2) is 7.39. The SMILES string of the molecule is COc1ccc(-c2nnc(N(C)CC(C)C(=O)O)c3ccccc23)cc1. The summed E-state index contributed by atoms with van der Waals surface area (Å²) in [6.07, 6.45) is 0. The first-order chi connectivity index (χ1) is 12.5. The Labute approximate surface area is 152 Å². The van der Waals surface area contributed by atoms with Crippen molar-refractivity contribution in [2.45, 2.75) is 6.92 Å². The summed E-state index contributed by atoms with van der Waals surface area (Å²) >= 11 is 0. The largest absolute Gasteiger partial charge is 0.497 e. The van der Waals surface area contributed by atoms with Crippen molar-refractivity contribution in [3.05, 3.63) is 48.5 Å². The monoisotopic (exact) mass is 351 g/mol. The zero-order chi connectivity index (χ0) is 18.7. The molecule has 0 saturated heterocycles. The number of aromatic nitrogens is 2. The molecule has 1 unspecified atom stereocenters. The minimum Gasteiger partial charge on any atom is -0.497 e. The average molecular weight is 351 g/mol. The van der Waals surface area contributed by atoms with Crippen LogP contribution >= 0.6 is 0 Å². The van der Waals surface area contributed by atoms with E-state index in [9.17, 15) is 4.79 Å². The molecule has 1 aromatic heterocycles. The highest BCUT2D eigenvalue weighted by Crippen LogP contribution is 2.31. The summed E-state index contributed by atoms with van der Waals surface area (Å²) < 4.78 is 5.21. The summed E-state index contributed by atoms with van der Waals surface area (Å²) in [5.41, 5.74) is 1.73. The Bertz CT molecular complexity index is 925. The molecule has 0 amide bonds. The van der Waals surface area contributed by atoms with Gasteiger partial charge in [-0.15, -0.1) is 10.2 Å². The number of anilines is 1. The molecule has 6 heteroatoms. The fourth-order valence-corrected chi connectivity index (χ4v) is 2.91. The van der Waals surface area contributed by atoms with Gasteiger partial charge >= 0.3 is 5.97 Å². The van der Waals surface area contributed by atoms with Crippen molar-refractivity contribution in [1.29, 1.82) is 0 Å². The van der Waals surface area contributed by atoms with Crippen LogP contribution in [0.3, 0.4) is 0 Å². The number of methoxy groups -OCH3 is 1. The molecule has 0 spiro atoms. The smallest absolute Gasteiger partial charge is 0.308 e. The van der Waals surface area contributed by atoms with Gasteiger partial charge in [-0.25, -0.2) is 0 Å². The molecule has 0 aliphatic rings. The summed E-state index contributed by atoms with van der Waals surface area (Å²) in [5.74, 6) is 0.127. The number of carbonyl (C=O) groups is 1. The molecule has 6 nitrogen and oxygen atoms in total. The first kappa shape index (κ1) is 17.7. The highest BCUT2D eigenvalue weighted by molar-refractivity contribution is 6.00. The molecule has 2 aromatic carbocycles. The Morgan fingerprint density at radius 3 is 2.38 bits per heavy atom. The number of aliphatic carboxylic acids is 1. The lowest BCUT2D eigenvalue weighted by Crippen LogP contribution is -2.29. The molecule has 1 heterocycles. The van der Waals surface area contributed by atoms with Gasteiger partial charge in [0.2, 0.25) is 0 Å². The highest BCUT2D eigenvalue weighted by Gasteiger charge is 2.18. The van der Waals surface area contributed by atoms with Gasteiger partial charge in [-0.3, -0.25) is 4.79 Å². The van der Waals surface area contributed by atoms with Crippen molar-refractivity contribution in [2.24, 2.45) is 5.92 Å². The Kier molecular flexibility index (Phi) is 5.02. The summed E-state index contributed by atoms with van der Waals surface area (Å²) in [6, 6.07) is 15.6. The van der Waals surface area contributed by atoms with Gasteiger partial charge in [0.1, 0.15) is 11.4 Å². The number of benzene rings is 2. The van der Waals surface area contributed by atoms with Crippen LogP contribution < -0.4 is 9.64 Å². The molecule has 0 aliphatic carbocycles. The van der Waals surface area contributed by atoms with Crippen LogP contribution in [0.2, 0.25) is 0 Å². The fraction of sp³-hybridized carbons (Fsp3) is 0.250. The summed E-state index contributed by atoms with van der Waals surface area (Å²) in [7, 11) is 3.47. The van der Waals surface area contributed by atoms with E-state index in [0.717, 1.165) is 27.8 Å². The summed E-state index contributed by atoms with van der Waals surface area (Å²) in [6.45, 7) is 2.04. The predicted octanol–water partition coefficient (Wildman–Crippen LogP) is 3.46. The van der Waals surface area contributed by atoms with Gasteiger partial charge in [0.15, 0.2) is 5.82 Å². The Hall–Kier alpha value is -3.15. The van der Waals surface area contributed by atoms with E-state index in [0.29, 0.717) is 12.4 Å². The number of hydrogen-bond acceptors (Lipinski definition) is 5. The number of hydrogen-bond donors (Lipinski definition) is 1. The second-order valence-electron chi connectivity index (χ2n) is 6.27. The number of carboxylic acids is 1. The van der Waals surface area contributed by atoms with E-state index >= 15 is 0 Å². The van der Waals surface area contributed by atoms with Crippen LogP contribution in [0.1, 0.15) is 6.92 Å². The maximum Gasteiger partial charge on any atom is 0.308 e. The maximum absolute atomic E-state index is 11.1. The highest BCUT2D eigenvalue weighted by atomic mass is 16.5. The molecule has 0 saturated carbocycles. The molecule has 1 atom stereocenters. The van der Waals surface area contributed by atoms with Crippen LogP contribution in [0.5, 0.6) is 5.75 Å². The van der Waals surface area contributed by atoms with E-state index in [1.807, 2.05) is 60.5 Å². The third-order valence-corrected chi connectivity index (χ3v) is 4.36. The number of carboxylic acid groups (broad SMARTS) is 1. The molecule has 134 valence electrons. The van der Waals surface area contributed by atoms with Gasteiger partial charge < -0.3 is 14.7 Å². The zero-order valence-corrected chi connectivity index (χ0v) is 15.0. The fourth-order valence-electron chi connectivity index (χ4n) is 2.91. The molecule has 26 heavy (non-hydrogen) atoms. The predicted molar refractivity (Wildman–Crippen MR) is 102 cm³/mol. The van der Waals surface area contributed by atoms with Crippen molar-refractivity contribution < 1.29 is 14.6 Å². The first-order valence-corrected chi connectivity index (χ1v) is 8.35. The normalized spacial score (nSPS) is 12.0. The molecular formula is C20H21N3O3. The van der Waals surface area contributed by atoms with Gasteiger partial charge in [-0.1, -0.05) is 31.2 Å². The molecule has 1 N–H and O–H groups in total. The summed E-state index contributed by atoms with van der Waals surface area (Å²) in [5, 5.41) is 19.9. The second-order valence-corrected chi connectivity index (χ2v) is 6.27.